The average molecular weight is 254 g/mol. The molecule has 0 aliphatic rings. The van der Waals surface area contributed by atoms with Crippen LogP contribution in [0.25, 0.3) is 11.6 Å². The van der Waals surface area contributed by atoms with Gasteiger partial charge in [-0.15, -0.1) is 0 Å². The van der Waals surface area contributed by atoms with Crippen molar-refractivity contribution < 1.29 is 4.52 Å². The number of nitrogen functional groups attached to an aromatic ring is 1. The zero-order valence-corrected chi connectivity index (χ0v) is 9.89. The van der Waals surface area contributed by atoms with E-state index >= 15 is 0 Å². The van der Waals surface area contributed by atoms with Gasteiger partial charge in [-0.1, -0.05) is 11.2 Å². The second-order valence-electron chi connectivity index (χ2n) is 3.80. The Hall–Kier alpha value is -2.83. The minimum absolute atomic E-state index is 0.260. The predicted molar refractivity (Wildman–Crippen MR) is 66.8 cm³/mol. The van der Waals surface area contributed by atoms with Gasteiger partial charge in [0.15, 0.2) is 17.3 Å². The molecule has 3 aromatic heterocycles. The molecular formula is C12H10N6O. The van der Waals surface area contributed by atoms with Crippen molar-refractivity contribution in [3.8, 4) is 11.6 Å². The lowest BCUT2D eigenvalue weighted by molar-refractivity contribution is 0.422. The van der Waals surface area contributed by atoms with Crippen molar-refractivity contribution in [1.82, 2.24) is 25.1 Å². The molecule has 0 bridgehead atoms. The first-order valence-corrected chi connectivity index (χ1v) is 5.62. The Balaban J connectivity index is 1.86. The summed E-state index contributed by atoms with van der Waals surface area (Å²) in [5, 5.41) is 3.88. The lowest BCUT2D eigenvalue weighted by Gasteiger charge is -1.95. The number of aromatic nitrogens is 5. The maximum atomic E-state index is 5.70. The molecule has 0 spiro atoms. The average Bonchev–Trinajstić information content (AvgIpc) is 2.89. The van der Waals surface area contributed by atoms with Crippen molar-refractivity contribution in [3.63, 3.8) is 0 Å². The molecule has 19 heavy (non-hydrogen) atoms. The summed E-state index contributed by atoms with van der Waals surface area (Å²) in [6.07, 6.45) is 5.24. The quantitative estimate of drug-likeness (QED) is 0.746. The Morgan fingerprint density at radius 2 is 1.95 bits per heavy atom. The van der Waals surface area contributed by atoms with Gasteiger partial charge in [0, 0.05) is 24.3 Å². The molecule has 0 saturated heterocycles. The number of nitrogens with zero attached hydrogens (tertiary/aromatic N) is 5. The number of rotatable bonds is 3. The molecule has 3 heterocycles. The van der Waals surface area contributed by atoms with Gasteiger partial charge < -0.3 is 10.3 Å². The van der Waals surface area contributed by atoms with Crippen molar-refractivity contribution >= 4 is 5.82 Å². The Morgan fingerprint density at radius 3 is 2.74 bits per heavy atom. The third-order valence-electron chi connectivity index (χ3n) is 2.46. The highest BCUT2D eigenvalue weighted by atomic mass is 16.5. The van der Waals surface area contributed by atoms with E-state index in [2.05, 4.69) is 25.1 Å². The van der Waals surface area contributed by atoms with Crippen molar-refractivity contribution in [1.29, 1.82) is 0 Å². The van der Waals surface area contributed by atoms with E-state index < -0.39 is 0 Å². The predicted octanol–water partition coefficient (Wildman–Crippen LogP) is 1.09. The second kappa shape index (κ2) is 4.81. The maximum absolute atomic E-state index is 5.70. The van der Waals surface area contributed by atoms with Crippen LogP contribution in [0.4, 0.5) is 5.82 Å². The van der Waals surface area contributed by atoms with Crippen LogP contribution >= 0.6 is 0 Å². The first-order valence-electron chi connectivity index (χ1n) is 5.62. The Labute approximate surface area is 108 Å². The fourth-order valence-electron chi connectivity index (χ4n) is 1.60. The van der Waals surface area contributed by atoms with Crippen molar-refractivity contribution in [2.45, 2.75) is 6.42 Å². The van der Waals surface area contributed by atoms with Crippen LogP contribution < -0.4 is 5.73 Å². The molecule has 3 aromatic rings. The minimum atomic E-state index is 0.260. The SMILES string of the molecule is Nc1nccnc1-c1nc(Cc2ccccn2)no1. The molecule has 0 aliphatic carbocycles. The van der Waals surface area contributed by atoms with Crippen LogP contribution in [-0.2, 0) is 6.42 Å². The molecule has 7 nitrogen and oxygen atoms in total. The number of hydrogen-bond donors (Lipinski definition) is 1. The van der Waals surface area contributed by atoms with Crippen LogP contribution in [0.5, 0.6) is 0 Å². The minimum Gasteiger partial charge on any atom is -0.382 e. The second-order valence-corrected chi connectivity index (χ2v) is 3.80. The Bertz CT molecular complexity index is 681. The molecule has 0 aliphatic heterocycles. The van der Waals surface area contributed by atoms with E-state index in [1.54, 1.807) is 6.20 Å². The summed E-state index contributed by atoms with van der Waals surface area (Å²) in [7, 11) is 0. The van der Waals surface area contributed by atoms with Gasteiger partial charge in [-0.05, 0) is 12.1 Å². The molecule has 0 atom stereocenters. The van der Waals surface area contributed by atoms with Gasteiger partial charge in [-0.3, -0.25) is 4.98 Å². The lowest BCUT2D eigenvalue weighted by atomic mass is 10.2. The smallest absolute Gasteiger partial charge is 0.280 e. The van der Waals surface area contributed by atoms with E-state index in [9.17, 15) is 0 Å². The van der Waals surface area contributed by atoms with E-state index in [1.165, 1.54) is 12.4 Å². The number of hydrogen-bond acceptors (Lipinski definition) is 7. The van der Waals surface area contributed by atoms with Crippen LogP contribution in [0.2, 0.25) is 0 Å². The summed E-state index contributed by atoms with van der Waals surface area (Å²) < 4.78 is 5.13. The van der Waals surface area contributed by atoms with E-state index in [0.29, 0.717) is 17.9 Å². The standard InChI is InChI=1S/C12H10N6O/c13-11-10(15-5-6-16-11)12-17-9(18-19-12)7-8-3-1-2-4-14-8/h1-6H,7H2,(H2,13,16). The monoisotopic (exact) mass is 254 g/mol. The van der Waals surface area contributed by atoms with Gasteiger partial charge in [-0.2, -0.15) is 4.98 Å². The lowest BCUT2D eigenvalue weighted by Crippen LogP contribution is -1.97. The maximum Gasteiger partial charge on any atom is 0.280 e. The topological polar surface area (TPSA) is 104 Å². The molecule has 0 aromatic carbocycles. The normalized spacial score (nSPS) is 10.5. The third-order valence-corrected chi connectivity index (χ3v) is 2.46. The molecule has 0 saturated carbocycles. The largest absolute Gasteiger partial charge is 0.382 e. The summed E-state index contributed by atoms with van der Waals surface area (Å²) in [6.45, 7) is 0. The first kappa shape index (κ1) is 11.3. The molecule has 0 unspecified atom stereocenters. The highest BCUT2D eigenvalue weighted by Crippen LogP contribution is 2.19. The van der Waals surface area contributed by atoms with Crippen molar-refractivity contribution in [2.24, 2.45) is 0 Å². The van der Waals surface area contributed by atoms with Crippen LogP contribution in [0, 0.1) is 0 Å². The Kier molecular flexibility index (Phi) is 2.85. The summed E-state index contributed by atoms with van der Waals surface area (Å²) in [5.74, 6) is 1.05. The zero-order valence-electron chi connectivity index (χ0n) is 9.89. The molecule has 7 heteroatoms. The number of nitrogens with two attached hydrogens (primary N) is 1. The van der Waals surface area contributed by atoms with Gasteiger partial charge >= 0.3 is 0 Å². The highest BCUT2D eigenvalue weighted by molar-refractivity contribution is 5.61. The van der Waals surface area contributed by atoms with Crippen LogP contribution in [0.1, 0.15) is 11.5 Å². The summed E-state index contributed by atoms with van der Waals surface area (Å²) >= 11 is 0. The molecular weight excluding hydrogens is 244 g/mol. The van der Waals surface area contributed by atoms with Crippen molar-refractivity contribution in [3.05, 3.63) is 48.3 Å². The summed E-state index contributed by atoms with van der Waals surface area (Å²) in [6, 6.07) is 5.65. The molecule has 0 radical (unpaired) electrons. The first-order chi connectivity index (χ1) is 9.33. The van der Waals surface area contributed by atoms with Gasteiger partial charge in [0.05, 0.1) is 6.42 Å². The number of anilines is 1. The molecule has 0 amide bonds. The summed E-state index contributed by atoms with van der Waals surface area (Å²) in [4.78, 5) is 16.4. The van der Waals surface area contributed by atoms with Gasteiger partial charge in [0.1, 0.15) is 0 Å². The van der Waals surface area contributed by atoms with Gasteiger partial charge in [0.25, 0.3) is 5.89 Å². The van der Waals surface area contributed by atoms with E-state index in [4.69, 9.17) is 10.3 Å². The summed E-state index contributed by atoms with van der Waals surface area (Å²) in [5.41, 5.74) is 6.95. The fourth-order valence-corrected chi connectivity index (χ4v) is 1.60. The Morgan fingerprint density at radius 1 is 1.05 bits per heavy atom. The van der Waals surface area contributed by atoms with Gasteiger partial charge in [-0.25, -0.2) is 9.97 Å². The molecule has 2 N–H and O–H groups in total. The zero-order chi connectivity index (χ0) is 13.1. The van der Waals surface area contributed by atoms with Crippen LogP contribution in [0.3, 0.4) is 0 Å². The van der Waals surface area contributed by atoms with Gasteiger partial charge in [0.2, 0.25) is 0 Å². The van der Waals surface area contributed by atoms with Crippen LogP contribution in [-0.4, -0.2) is 25.1 Å². The highest BCUT2D eigenvalue weighted by Gasteiger charge is 2.14. The van der Waals surface area contributed by atoms with Crippen LogP contribution in [0.15, 0.2) is 41.3 Å². The molecule has 0 fully saturated rings. The van der Waals surface area contributed by atoms with E-state index in [0.717, 1.165) is 5.69 Å². The van der Waals surface area contributed by atoms with E-state index in [-0.39, 0.29) is 11.7 Å². The van der Waals surface area contributed by atoms with Crippen molar-refractivity contribution in [2.75, 3.05) is 5.73 Å². The number of pyridine rings is 1. The third kappa shape index (κ3) is 2.39. The fraction of sp³-hybridized carbons (Fsp3) is 0.0833. The molecule has 3 rings (SSSR count). The van der Waals surface area contributed by atoms with E-state index in [1.807, 2.05) is 18.2 Å². The molecule has 94 valence electrons.